The van der Waals surface area contributed by atoms with Gasteiger partial charge in [-0.2, -0.15) is 0 Å². The smallest absolute Gasteiger partial charge is 0.312 e. The third-order valence-electron chi connectivity index (χ3n) is 2.93. The monoisotopic (exact) mass is 288 g/mol. The summed E-state index contributed by atoms with van der Waals surface area (Å²) in [5.74, 6) is 0. The predicted molar refractivity (Wildman–Crippen MR) is 85.9 cm³/mol. The molecule has 6 N–H and O–H groups in total. The molecule has 0 radical (unpaired) electrons. The van der Waals surface area contributed by atoms with Crippen molar-refractivity contribution in [1.82, 2.24) is 5.32 Å². The lowest BCUT2D eigenvalue weighted by Gasteiger charge is -2.12. The maximum absolute atomic E-state index is 10.6. The van der Waals surface area contributed by atoms with Crippen LogP contribution in [0.4, 0.5) is 10.5 Å². The molecule has 2 aromatic carbocycles. The Balaban J connectivity index is 2.24. The molecule has 2 aromatic rings. The summed E-state index contributed by atoms with van der Waals surface area (Å²) in [5, 5.41) is 7.83. The van der Waals surface area contributed by atoms with Crippen molar-refractivity contribution in [3.05, 3.63) is 42.0 Å². The normalized spacial score (nSPS) is 10.2. The summed E-state index contributed by atoms with van der Waals surface area (Å²) in [6.07, 6.45) is 0. The van der Waals surface area contributed by atoms with E-state index in [1.54, 1.807) is 0 Å². The van der Waals surface area contributed by atoms with Crippen molar-refractivity contribution in [2.45, 2.75) is 0 Å². The van der Waals surface area contributed by atoms with Crippen LogP contribution < -0.4 is 22.1 Å². The Bertz CT molecular complexity index is 657. The third kappa shape index (κ3) is 3.16. The molecule has 0 bridgehead atoms. The van der Waals surface area contributed by atoms with Crippen LogP contribution in [0, 0.1) is 0 Å². The first-order chi connectivity index (χ1) is 9.59. The fourth-order valence-corrected chi connectivity index (χ4v) is 2.23. The van der Waals surface area contributed by atoms with E-state index < -0.39 is 6.03 Å². The van der Waals surface area contributed by atoms with Crippen molar-refractivity contribution >= 4 is 39.7 Å². The molecular formula is C14H16N4OS. The number of hydrogen-bond donors (Lipinski definition) is 4. The van der Waals surface area contributed by atoms with Crippen LogP contribution in [-0.2, 0) is 0 Å². The zero-order chi connectivity index (χ0) is 14.5. The van der Waals surface area contributed by atoms with E-state index in [2.05, 4.69) is 10.6 Å². The topological polar surface area (TPSA) is 93.2 Å². The lowest BCUT2D eigenvalue weighted by Crippen LogP contribution is -2.33. The van der Waals surface area contributed by atoms with Gasteiger partial charge in [0.2, 0.25) is 0 Å². The van der Waals surface area contributed by atoms with Crippen molar-refractivity contribution in [3.8, 4) is 0 Å². The quantitative estimate of drug-likeness (QED) is 0.496. The first kappa shape index (κ1) is 14.1. The van der Waals surface area contributed by atoms with Crippen LogP contribution in [0.2, 0.25) is 0 Å². The standard InChI is InChI=1S/C14H16N4OS/c15-13(20)11-5-6-12(17-7-8-18-14(16)19)10-4-2-1-3-9(10)11/h1-6,17H,7-8H2,(H2,15,20)(H3,16,18,19). The molecule has 20 heavy (non-hydrogen) atoms. The maximum atomic E-state index is 10.6. The zero-order valence-electron chi connectivity index (χ0n) is 10.8. The van der Waals surface area contributed by atoms with Crippen LogP contribution in [-0.4, -0.2) is 24.1 Å². The number of nitrogens with two attached hydrogens (primary N) is 2. The molecule has 2 rings (SSSR count). The molecule has 0 aliphatic heterocycles. The van der Waals surface area contributed by atoms with E-state index in [9.17, 15) is 4.79 Å². The Morgan fingerprint density at radius 3 is 2.40 bits per heavy atom. The molecule has 0 aliphatic carbocycles. The van der Waals surface area contributed by atoms with E-state index in [-0.39, 0.29) is 0 Å². The molecule has 0 aromatic heterocycles. The Hall–Kier alpha value is -2.34. The van der Waals surface area contributed by atoms with Crippen molar-refractivity contribution in [2.24, 2.45) is 11.5 Å². The molecule has 0 unspecified atom stereocenters. The molecule has 2 amide bonds. The summed E-state index contributed by atoms with van der Waals surface area (Å²) in [6, 6.07) is 11.2. The van der Waals surface area contributed by atoms with Gasteiger partial charge in [0, 0.05) is 29.7 Å². The first-order valence-electron chi connectivity index (χ1n) is 6.18. The fraction of sp³-hybridized carbons (Fsp3) is 0.143. The minimum Gasteiger partial charge on any atom is -0.389 e. The number of hydrogen-bond acceptors (Lipinski definition) is 3. The first-order valence-corrected chi connectivity index (χ1v) is 6.59. The van der Waals surface area contributed by atoms with Gasteiger partial charge in [-0.1, -0.05) is 36.5 Å². The van der Waals surface area contributed by atoms with Crippen LogP contribution in [0.5, 0.6) is 0 Å². The average molecular weight is 288 g/mol. The number of nitrogens with one attached hydrogen (secondary N) is 2. The van der Waals surface area contributed by atoms with E-state index in [1.807, 2.05) is 36.4 Å². The minimum atomic E-state index is -0.527. The van der Waals surface area contributed by atoms with Gasteiger partial charge in [0.1, 0.15) is 4.99 Å². The van der Waals surface area contributed by atoms with Gasteiger partial charge in [-0.25, -0.2) is 4.79 Å². The lowest BCUT2D eigenvalue weighted by molar-refractivity contribution is 0.249. The number of anilines is 1. The van der Waals surface area contributed by atoms with Crippen molar-refractivity contribution in [2.75, 3.05) is 18.4 Å². The average Bonchev–Trinajstić information content (AvgIpc) is 2.43. The Kier molecular flexibility index (Phi) is 4.37. The fourth-order valence-electron chi connectivity index (χ4n) is 2.05. The molecule has 0 heterocycles. The van der Waals surface area contributed by atoms with Gasteiger partial charge in [0.05, 0.1) is 0 Å². The van der Waals surface area contributed by atoms with E-state index in [0.29, 0.717) is 18.1 Å². The van der Waals surface area contributed by atoms with Crippen LogP contribution in [0.3, 0.4) is 0 Å². The molecule has 6 heteroatoms. The summed E-state index contributed by atoms with van der Waals surface area (Å²) >= 11 is 5.06. The lowest BCUT2D eigenvalue weighted by atomic mass is 10.0. The second-order valence-corrected chi connectivity index (χ2v) is 4.73. The molecule has 0 spiro atoms. The highest BCUT2D eigenvalue weighted by Crippen LogP contribution is 2.26. The van der Waals surface area contributed by atoms with Crippen LogP contribution in [0.1, 0.15) is 5.56 Å². The SMILES string of the molecule is NC(=O)NCCNc1ccc(C(N)=S)c2ccccc12. The van der Waals surface area contributed by atoms with E-state index in [1.165, 1.54) is 0 Å². The molecule has 0 aliphatic rings. The number of rotatable bonds is 5. The van der Waals surface area contributed by atoms with Crippen LogP contribution in [0.15, 0.2) is 36.4 Å². The second-order valence-electron chi connectivity index (χ2n) is 4.29. The largest absolute Gasteiger partial charge is 0.389 e. The number of carbonyl (C=O) groups is 1. The Morgan fingerprint density at radius 2 is 1.75 bits per heavy atom. The van der Waals surface area contributed by atoms with Crippen molar-refractivity contribution in [3.63, 3.8) is 0 Å². The van der Waals surface area contributed by atoms with Gasteiger partial charge in [-0.3, -0.25) is 0 Å². The highest BCUT2D eigenvalue weighted by Gasteiger charge is 2.07. The van der Waals surface area contributed by atoms with Crippen molar-refractivity contribution in [1.29, 1.82) is 0 Å². The van der Waals surface area contributed by atoms with E-state index in [4.69, 9.17) is 23.7 Å². The molecule has 0 atom stereocenters. The number of thiocarbonyl (C=S) groups is 1. The third-order valence-corrected chi connectivity index (χ3v) is 3.15. The minimum absolute atomic E-state index is 0.378. The van der Waals surface area contributed by atoms with E-state index in [0.717, 1.165) is 22.0 Å². The summed E-state index contributed by atoms with van der Waals surface area (Å²) in [4.78, 5) is 11.0. The van der Waals surface area contributed by atoms with E-state index >= 15 is 0 Å². The van der Waals surface area contributed by atoms with Gasteiger partial charge in [0.15, 0.2) is 0 Å². The predicted octanol–water partition coefficient (Wildman–Crippen LogP) is 1.55. The molecule has 0 saturated carbocycles. The number of primary amides is 1. The van der Waals surface area contributed by atoms with Gasteiger partial charge < -0.3 is 22.1 Å². The van der Waals surface area contributed by atoms with Crippen LogP contribution in [0.25, 0.3) is 10.8 Å². The summed E-state index contributed by atoms with van der Waals surface area (Å²) in [5.41, 5.74) is 12.6. The number of amides is 2. The van der Waals surface area contributed by atoms with Crippen molar-refractivity contribution < 1.29 is 4.79 Å². The highest BCUT2D eigenvalue weighted by atomic mass is 32.1. The summed E-state index contributed by atoms with van der Waals surface area (Å²) in [7, 11) is 0. The number of carbonyl (C=O) groups excluding carboxylic acids is 1. The number of urea groups is 1. The van der Waals surface area contributed by atoms with Gasteiger partial charge in [-0.05, 0) is 17.5 Å². The Labute approximate surface area is 122 Å². The summed E-state index contributed by atoms with van der Waals surface area (Å²) < 4.78 is 0. The zero-order valence-corrected chi connectivity index (χ0v) is 11.7. The number of benzene rings is 2. The number of fused-ring (bicyclic) bond motifs is 1. The summed E-state index contributed by atoms with van der Waals surface area (Å²) in [6.45, 7) is 1.04. The Morgan fingerprint density at radius 1 is 1.05 bits per heavy atom. The maximum Gasteiger partial charge on any atom is 0.312 e. The van der Waals surface area contributed by atoms with Crippen LogP contribution >= 0.6 is 12.2 Å². The molecule has 0 saturated heterocycles. The van der Waals surface area contributed by atoms with Gasteiger partial charge in [0.25, 0.3) is 0 Å². The molecule has 104 valence electrons. The highest BCUT2D eigenvalue weighted by molar-refractivity contribution is 7.80. The van der Waals surface area contributed by atoms with Gasteiger partial charge in [-0.15, -0.1) is 0 Å². The molecule has 5 nitrogen and oxygen atoms in total. The second kappa shape index (κ2) is 6.21. The molecule has 0 fully saturated rings. The molecular weight excluding hydrogens is 272 g/mol. The van der Waals surface area contributed by atoms with Gasteiger partial charge >= 0.3 is 6.03 Å².